The maximum atomic E-state index is 12.6. The van der Waals surface area contributed by atoms with Crippen LogP contribution in [0, 0.1) is 0 Å². The van der Waals surface area contributed by atoms with Crippen LogP contribution in [0.4, 0.5) is 4.79 Å². The van der Waals surface area contributed by atoms with E-state index >= 15 is 0 Å². The number of H-pyrrole nitrogens is 1. The molecular weight excluding hydrogens is 378 g/mol. The molecule has 2 amide bonds. The lowest BCUT2D eigenvalue weighted by atomic mass is 10.1. The smallest absolute Gasteiger partial charge is 0.315 e. The number of pyridine rings is 1. The summed E-state index contributed by atoms with van der Waals surface area (Å²) >= 11 is 0. The van der Waals surface area contributed by atoms with E-state index < -0.39 is 0 Å². The third-order valence-electron chi connectivity index (χ3n) is 4.84. The van der Waals surface area contributed by atoms with Gasteiger partial charge in [0, 0.05) is 18.9 Å². The van der Waals surface area contributed by atoms with Gasteiger partial charge in [-0.3, -0.25) is 4.98 Å². The van der Waals surface area contributed by atoms with Crippen molar-refractivity contribution >= 4 is 17.1 Å². The summed E-state index contributed by atoms with van der Waals surface area (Å²) in [7, 11) is 1.64. The van der Waals surface area contributed by atoms with E-state index in [-0.39, 0.29) is 12.1 Å². The lowest BCUT2D eigenvalue weighted by Crippen LogP contribution is -2.38. The second kappa shape index (κ2) is 9.09. The zero-order chi connectivity index (χ0) is 20.8. The summed E-state index contributed by atoms with van der Waals surface area (Å²) in [6, 6.07) is 18.8. The molecule has 3 N–H and O–H groups in total. The molecule has 30 heavy (non-hydrogen) atoms. The molecule has 0 aliphatic heterocycles. The van der Waals surface area contributed by atoms with Crippen LogP contribution in [0.5, 0.6) is 5.75 Å². The summed E-state index contributed by atoms with van der Waals surface area (Å²) in [6.07, 6.45) is 4.00. The number of hydrogen-bond donors (Lipinski definition) is 3. The van der Waals surface area contributed by atoms with Gasteiger partial charge in [0.25, 0.3) is 0 Å². The molecule has 7 heteroatoms. The number of ether oxygens (including phenoxy) is 1. The molecule has 152 valence electrons. The number of nitrogens with zero attached hydrogens (tertiary/aromatic N) is 2. The topological polar surface area (TPSA) is 91.9 Å². The number of aromatic amines is 1. The number of methoxy groups -OCH3 is 1. The number of nitrogens with one attached hydrogen (secondary N) is 3. The number of aromatic nitrogens is 3. The van der Waals surface area contributed by atoms with E-state index in [9.17, 15) is 4.79 Å². The first-order valence-electron chi connectivity index (χ1n) is 9.72. The first kappa shape index (κ1) is 19.4. The van der Waals surface area contributed by atoms with Crippen LogP contribution in [0.15, 0.2) is 73.1 Å². The van der Waals surface area contributed by atoms with Crippen LogP contribution in [-0.2, 0) is 13.0 Å². The molecule has 0 spiro atoms. The van der Waals surface area contributed by atoms with Crippen molar-refractivity contribution in [3.05, 3.63) is 90.0 Å². The van der Waals surface area contributed by atoms with Gasteiger partial charge in [-0.15, -0.1) is 0 Å². The molecule has 1 unspecified atom stereocenters. The zero-order valence-corrected chi connectivity index (χ0v) is 16.6. The normalized spacial score (nSPS) is 11.8. The fourth-order valence-corrected chi connectivity index (χ4v) is 3.24. The SMILES string of the molecule is COc1ccc(CC(NC(=O)NCc2ccncc2)c2nc3ccccc3[nH]2)cc1. The lowest BCUT2D eigenvalue weighted by Gasteiger charge is -2.18. The Morgan fingerprint density at radius 1 is 1.03 bits per heavy atom. The molecule has 2 aromatic carbocycles. The molecule has 1 atom stereocenters. The van der Waals surface area contributed by atoms with Gasteiger partial charge in [-0.05, 0) is 53.9 Å². The van der Waals surface area contributed by atoms with E-state index in [4.69, 9.17) is 4.74 Å². The number of carbonyl (C=O) groups excluding carboxylic acids is 1. The maximum Gasteiger partial charge on any atom is 0.315 e. The van der Waals surface area contributed by atoms with Gasteiger partial charge in [0.2, 0.25) is 0 Å². The minimum Gasteiger partial charge on any atom is -0.497 e. The molecule has 4 rings (SSSR count). The average molecular weight is 401 g/mol. The number of imidazole rings is 1. The Hall–Kier alpha value is -3.87. The molecule has 0 bridgehead atoms. The molecule has 0 radical (unpaired) electrons. The average Bonchev–Trinajstić information content (AvgIpc) is 3.23. The number of fused-ring (bicyclic) bond motifs is 1. The van der Waals surface area contributed by atoms with Crippen LogP contribution >= 0.6 is 0 Å². The fourth-order valence-electron chi connectivity index (χ4n) is 3.24. The number of hydrogen-bond acceptors (Lipinski definition) is 4. The third kappa shape index (κ3) is 4.75. The Labute approximate surface area is 174 Å². The first-order chi connectivity index (χ1) is 14.7. The summed E-state index contributed by atoms with van der Waals surface area (Å²) in [6.45, 7) is 0.420. The van der Waals surface area contributed by atoms with Gasteiger partial charge in [-0.1, -0.05) is 24.3 Å². The van der Waals surface area contributed by atoms with Crippen LogP contribution in [-0.4, -0.2) is 28.1 Å². The Bertz CT molecular complexity index is 1080. The van der Waals surface area contributed by atoms with E-state index in [2.05, 4.69) is 25.6 Å². The Morgan fingerprint density at radius 2 is 1.80 bits per heavy atom. The highest BCUT2D eigenvalue weighted by atomic mass is 16.5. The maximum absolute atomic E-state index is 12.6. The highest BCUT2D eigenvalue weighted by Gasteiger charge is 2.19. The van der Waals surface area contributed by atoms with Crippen LogP contribution in [0.3, 0.4) is 0 Å². The van der Waals surface area contributed by atoms with E-state index in [0.717, 1.165) is 27.9 Å². The molecule has 0 saturated heterocycles. The quantitative estimate of drug-likeness (QED) is 0.440. The van der Waals surface area contributed by atoms with Crippen LogP contribution < -0.4 is 15.4 Å². The van der Waals surface area contributed by atoms with E-state index in [1.807, 2.05) is 60.7 Å². The van der Waals surface area contributed by atoms with Crippen molar-refractivity contribution in [2.75, 3.05) is 7.11 Å². The molecule has 2 aromatic heterocycles. The fraction of sp³-hybridized carbons (Fsp3) is 0.174. The van der Waals surface area contributed by atoms with E-state index in [1.165, 1.54) is 0 Å². The number of para-hydroxylation sites is 2. The van der Waals surface area contributed by atoms with Gasteiger partial charge in [0.05, 0.1) is 24.2 Å². The van der Waals surface area contributed by atoms with Crippen molar-refractivity contribution in [2.24, 2.45) is 0 Å². The molecular formula is C23H23N5O2. The van der Waals surface area contributed by atoms with Crippen molar-refractivity contribution in [1.29, 1.82) is 0 Å². The van der Waals surface area contributed by atoms with Crippen molar-refractivity contribution in [2.45, 2.75) is 19.0 Å². The third-order valence-corrected chi connectivity index (χ3v) is 4.84. The summed E-state index contributed by atoms with van der Waals surface area (Å²) < 4.78 is 5.23. The number of amides is 2. The van der Waals surface area contributed by atoms with Gasteiger partial charge in [-0.2, -0.15) is 0 Å². The predicted molar refractivity (Wildman–Crippen MR) is 115 cm³/mol. The minimum atomic E-state index is -0.316. The van der Waals surface area contributed by atoms with Gasteiger partial charge in [0.15, 0.2) is 0 Å². The van der Waals surface area contributed by atoms with Crippen LogP contribution in [0.1, 0.15) is 23.0 Å². The van der Waals surface area contributed by atoms with E-state index in [0.29, 0.717) is 18.8 Å². The van der Waals surface area contributed by atoms with E-state index in [1.54, 1.807) is 19.5 Å². The number of benzene rings is 2. The number of urea groups is 1. The van der Waals surface area contributed by atoms with Crippen LogP contribution in [0.25, 0.3) is 11.0 Å². The molecule has 7 nitrogen and oxygen atoms in total. The van der Waals surface area contributed by atoms with Crippen molar-refractivity contribution < 1.29 is 9.53 Å². The van der Waals surface area contributed by atoms with Gasteiger partial charge in [0.1, 0.15) is 11.6 Å². The second-order valence-electron chi connectivity index (χ2n) is 6.93. The van der Waals surface area contributed by atoms with Crippen molar-refractivity contribution in [3.8, 4) is 5.75 Å². The highest BCUT2D eigenvalue weighted by molar-refractivity contribution is 5.76. The number of carbonyl (C=O) groups is 1. The Balaban J connectivity index is 1.52. The monoisotopic (exact) mass is 401 g/mol. The minimum absolute atomic E-state index is 0.259. The Morgan fingerprint density at radius 3 is 2.53 bits per heavy atom. The highest BCUT2D eigenvalue weighted by Crippen LogP contribution is 2.21. The summed E-state index contributed by atoms with van der Waals surface area (Å²) in [5.74, 6) is 1.51. The molecule has 0 fully saturated rings. The molecule has 2 heterocycles. The Kier molecular flexibility index (Phi) is 5.89. The standard InChI is InChI=1S/C23H23N5O2/c1-30-18-8-6-16(7-9-18)14-21(22-26-19-4-2-3-5-20(19)27-22)28-23(29)25-15-17-10-12-24-13-11-17/h2-13,21H,14-15H2,1H3,(H,26,27)(H2,25,28,29). The predicted octanol–water partition coefficient (Wildman–Crippen LogP) is 3.75. The number of rotatable bonds is 7. The van der Waals surface area contributed by atoms with Gasteiger partial charge >= 0.3 is 6.03 Å². The van der Waals surface area contributed by atoms with Crippen molar-refractivity contribution in [3.63, 3.8) is 0 Å². The van der Waals surface area contributed by atoms with Gasteiger partial charge in [-0.25, -0.2) is 9.78 Å². The summed E-state index contributed by atoms with van der Waals surface area (Å²) in [4.78, 5) is 24.6. The zero-order valence-electron chi connectivity index (χ0n) is 16.6. The largest absolute Gasteiger partial charge is 0.497 e. The molecule has 0 aliphatic carbocycles. The molecule has 4 aromatic rings. The summed E-state index contributed by atoms with van der Waals surface area (Å²) in [5.41, 5.74) is 3.85. The van der Waals surface area contributed by atoms with Crippen LogP contribution in [0.2, 0.25) is 0 Å². The first-order valence-corrected chi connectivity index (χ1v) is 9.72. The second-order valence-corrected chi connectivity index (χ2v) is 6.93. The summed E-state index contributed by atoms with van der Waals surface area (Å²) in [5, 5.41) is 5.95. The van der Waals surface area contributed by atoms with Gasteiger partial charge < -0.3 is 20.4 Å². The lowest BCUT2D eigenvalue weighted by molar-refractivity contribution is 0.236. The van der Waals surface area contributed by atoms with Crippen molar-refractivity contribution in [1.82, 2.24) is 25.6 Å². The molecule has 0 saturated carbocycles. The molecule has 0 aliphatic rings.